The first-order valence-electron chi connectivity index (χ1n) is 19.2. The van der Waals surface area contributed by atoms with Gasteiger partial charge in [0.2, 0.25) is 0 Å². The Morgan fingerprint density at radius 2 is 0.786 bits per heavy atom. The number of benzene rings is 9. The summed E-state index contributed by atoms with van der Waals surface area (Å²) in [6.07, 6.45) is 0. The van der Waals surface area contributed by atoms with Crippen molar-refractivity contribution in [1.29, 1.82) is 0 Å². The minimum Gasteiger partial charge on any atom is -0.0617 e. The summed E-state index contributed by atoms with van der Waals surface area (Å²) in [5, 5.41) is 5.27. The average molecular weight is 777 g/mol. The molecule has 0 aliphatic carbocycles. The van der Waals surface area contributed by atoms with E-state index in [1.165, 1.54) is 96.7 Å². The van der Waals surface area contributed by atoms with Crippen LogP contribution in [0.3, 0.4) is 0 Å². The molecule has 1 nitrogen and oxygen atoms in total. The van der Waals surface area contributed by atoms with Gasteiger partial charge in [-0.1, -0.05) is 42.5 Å². The molecule has 0 aliphatic rings. The zero-order valence-corrected chi connectivity index (χ0v) is 32.3. The molecule has 0 N–H and O–H groups in total. The van der Waals surface area contributed by atoms with Crippen LogP contribution >= 0.6 is 0 Å². The number of fused-ring (bicyclic) bond motifs is 6. The van der Waals surface area contributed by atoms with E-state index >= 15 is 0 Å². The number of hydrogen-bond donors (Lipinski definition) is 0. The van der Waals surface area contributed by atoms with Crippen LogP contribution in [0.5, 0.6) is 0 Å². The molecule has 0 atom stereocenters. The van der Waals surface area contributed by atoms with Crippen LogP contribution in [0.1, 0.15) is 0 Å². The van der Waals surface area contributed by atoms with Crippen molar-refractivity contribution < 1.29 is 0 Å². The third kappa shape index (κ3) is 5.62. The summed E-state index contributed by atoms with van der Waals surface area (Å²) in [5.41, 5.74) is 15.9. The second kappa shape index (κ2) is 13.6. The summed E-state index contributed by atoms with van der Waals surface area (Å²) in [4.78, 5) is 0. The monoisotopic (exact) mass is 777 g/mol. The normalized spacial score (nSPS) is 11.6. The number of rotatable bonds is 6. The van der Waals surface area contributed by atoms with Crippen LogP contribution in [-0.4, -0.2) is 19.1 Å². The van der Waals surface area contributed by atoms with E-state index in [9.17, 15) is 0 Å². The fraction of sp³-hybridized carbons (Fsp3) is 0. The van der Waals surface area contributed by atoms with Crippen LogP contribution in [0.15, 0.2) is 212 Å². The van der Waals surface area contributed by atoms with Crippen molar-refractivity contribution in [3.05, 3.63) is 212 Å². The van der Waals surface area contributed by atoms with Crippen LogP contribution in [0.25, 0.3) is 102 Å². The van der Waals surface area contributed by atoms with Crippen LogP contribution < -0.4 is 0 Å². The third-order valence-corrected chi connectivity index (χ3v) is 13.7. The van der Waals surface area contributed by atoms with Crippen LogP contribution in [0, 0.1) is 0 Å². The van der Waals surface area contributed by atoms with Crippen LogP contribution in [-0.2, 0) is 0 Å². The third-order valence-electron chi connectivity index (χ3n) is 11.2. The van der Waals surface area contributed by atoms with E-state index in [-0.39, 0.29) is 14.5 Å². The number of para-hydroxylation sites is 1. The Hall–Kier alpha value is -6.70. The van der Waals surface area contributed by atoms with Gasteiger partial charge >= 0.3 is 280 Å². The Labute approximate surface area is 332 Å². The summed E-state index contributed by atoms with van der Waals surface area (Å²) < 4.78 is 5.35. The molecule has 262 valence electrons. The Morgan fingerprint density at radius 3 is 1.55 bits per heavy atom. The summed E-state index contributed by atoms with van der Waals surface area (Å²) in [6, 6.07) is 78.1. The van der Waals surface area contributed by atoms with Crippen molar-refractivity contribution in [1.82, 2.24) is 4.57 Å². The van der Waals surface area contributed by atoms with E-state index < -0.39 is 0 Å². The van der Waals surface area contributed by atoms with Gasteiger partial charge in [0.1, 0.15) is 0 Å². The van der Waals surface area contributed by atoms with Gasteiger partial charge in [0.15, 0.2) is 0 Å². The molecule has 0 spiro atoms. The van der Waals surface area contributed by atoms with Crippen molar-refractivity contribution in [2.24, 2.45) is 0 Å². The minimum absolute atomic E-state index is 0.242. The van der Waals surface area contributed by atoms with Crippen molar-refractivity contribution in [2.75, 3.05) is 0 Å². The van der Waals surface area contributed by atoms with Crippen molar-refractivity contribution in [2.45, 2.75) is 0 Å². The molecule has 0 fully saturated rings. The maximum absolute atomic E-state index is 2.42. The first-order chi connectivity index (χ1) is 27.7. The second-order valence-corrected chi connectivity index (χ2v) is 16.7. The smallest absolute Gasteiger partial charge is 0.0617 e. The molecule has 56 heavy (non-hydrogen) atoms. The van der Waals surface area contributed by atoms with E-state index in [2.05, 4.69) is 217 Å². The molecule has 2 heterocycles. The van der Waals surface area contributed by atoms with E-state index in [0.717, 1.165) is 5.69 Å². The Balaban J connectivity index is 1.10. The maximum atomic E-state index is 2.42. The molecule has 0 saturated carbocycles. The number of nitrogens with zero attached hydrogens (tertiary/aromatic N) is 1. The molecule has 0 unspecified atom stereocenters. The molecule has 2 aromatic heterocycles. The standard InChI is InChI=1S/C54H35NSe/c1-3-13-36(14-4-1)38-25-28-45(29-26-38)55-51-23-9-7-19-47(51)50-35-41(27-30-52(50)55)43-32-42(40-18-11-17-39(31-40)37-15-5-2-6-16-37)33-44(34-43)46-21-12-22-49-48-20-8-10-24-53(48)56-54(46)49/h1-35H. The molecule has 11 rings (SSSR count). The molecular weight excluding hydrogens is 742 g/mol. The summed E-state index contributed by atoms with van der Waals surface area (Å²) in [6.45, 7) is 0. The van der Waals surface area contributed by atoms with Crippen LogP contribution in [0.2, 0.25) is 0 Å². The molecule has 0 amide bonds. The first-order valence-corrected chi connectivity index (χ1v) is 20.9. The van der Waals surface area contributed by atoms with Crippen molar-refractivity contribution in [3.8, 4) is 61.3 Å². The topological polar surface area (TPSA) is 4.93 Å². The zero-order chi connectivity index (χ0) is 37.0. The molecule has 11 aromatic rings. The van der Waals surface area contributed by atoms with Gasteiger partial charge in [-0.15, -0.1) is 0 Å². The van der Waals surface area contributed by atoms with E-state index in [1.807, 2.05) is 0 Å². The zero-order valence-electron chi connectivity index (χ0n) is 30.6. The van der Waals surface area contributed by atoms with Gasteiger partial charge in [-0.2, -0.15) is 0 Å². The van der Waals surface area contributed by atoms with Gasteiger partial charge in [0.05, 0.1) is 0 Å². The van der Waals surface area contributed by atoms with Gasteiger partial charge < -0.3 is 0 Å². The SMILES string of the molecule is c1ccc(-c2ccc(-n3c4ccccc4c4cc(-c5cc(-c6cccc(-c7ccccc7)c6)cc(-c6cccc7c6[se]c6ccccc67)c5)ccc43)cc2)cc1. The van der Waals surface area contributed by atoms with E-state index in [0.29, 0.717) is 0 Å². The molecule has 0 aliphatic heterocycles. The van der Waals surface area contributed by atoms with E-state index in [4.69, 9.17) is 0 Å². The molecule has 0 saturated heterocycles. The molecule has 0 radical (unpaired) electrons. The number of aromatic nitrogens is 1. The van der Waals surface area contributed by atoms with Gasteiger partial charge in [0.25, 0.3) is 0 Å². The second-order valence-electron chi connectivity index (χ2n) is 14.5. The van der Waals surface area contributed by atoms with E-state index in [1.54, 1.807) is 0 Å². The van der Waals surface area contributed by atoms with Crippen molar-refractivity contribution in [3.63, 3.8) is 0 Å². The Kier molecular flexibility index (Phi) is 7.91. The molecule has 0 bridgehead atoms. The predicted molar refractivity (Wildman–Crippen MR) is 240 cm³/mol. The predicted octanol–water partition coefficient (Wildman–Crippen LogP) is 14.5. The van der Waals surface area contributed by atoms with Gasteiger partial charge in [-0.05, 0) is 11.1 Å². The Bertz CT molecular complexity index is 3220. The van der Waals surface area contributed by atoms with Crippen LogP contribution in [0.4, 0.5) is 0 Å². The van der Waals surface area contributed by atoms with Gasteiger partial charge in [-0.3, -0.25) is 0 Å². The van der Waals surface area contributed by atoms with Crippen molar-refractivity contribution >= 4 is 55.6 Å². The summed E-state index contributed by atoms with van der Waals surface area (Å²) in [5.74, 6) is 0. The summed E-state index contributed by atoms with van der Waals surface area (Å²) in [7, 11) is 0. The molecule has 2 heteroatoms. The fourth-order valence-electron chi connectivity index (χ4n) is 8.46. The quantitative estimate of drug-likeness (QED) is 0.148. The average Bonchev–Trinajstić information content (AvgIpc) is 3.83. The molecular formula is C54H35NSe. The van der Waals surface area contributed by atoms with Gasteiger partial charge in [0, 0.05) is 0 Å². The fourth-order valence-corrected chi connectivity index (χ4v) is 11.1. The summed E-state index contributed by atoms with van der Waals surface area (Å²) >= 11 is 0.242. The molecule has 9 aromatic carbocycles. The Morgan fingerprint density at radius 1 is 0.286 bits per heavy atom. The van der Waals surface area contributed by atoms with Gasteiger partial charge in [-0.25, -0.2) is 0 Å². The first kappa shape index (κ1) is 32.7. The minimum atomic E-state index is 0.242. The number of hydrogen-bond acceptors (Lipinski definition) is 0.